The predicted molar refractivity (Wildman–Crippen MR) is 357 cm³/mol. The van der Waals surface area contributed by atoms with Gasteiger partial charge in [0.25, 0.3) is 0 Å². The molecule has 0 aliphatic heterocycles. The molecule has 0 radical (unpaired) electrons. The first kappa shape index (κ1) is 51.4. The zero-order chi connectivity index (χ0) is 58.3. The van der Waals surface area contributed by atoms with E-state index < -0.39 is 0 Å². The summed E-state index contributed by atoms with van der Waals surface area (Å²) in [7, 11) is 0. The summed E-state index contributed by atoms with van der Waals surface area (Å²) in [6.07, 6.45) is 16.3. The van der Waals surface area contributed by atoms with Gasteiger partial charge in [-0.15, -0.1) is 0 Å². The lowest BCUT2D eigenvalue weighted by Gasteiger charge is -2.09. The molecule has 0 aliphatic rings. The molecule has 0 N–H and O–H groups in total. The van der Waals surface area contributed by atoms with Crippen LogP contribution >= 0.6 is 0 Å². The second-order valence-electron chi connectivity index (χ2n) is 21.4. The summed E-state index contributed by atoms with van der Waals surface area (Å²) in [5, 5.41) is 14.5. The van der Waals surface area contributed by atoms with E-state index in [9.17, 15) is 0 Å². The second-order valence-corrected chi connectivity index (χ2v) is 21.4. The Hall–Kier alpha value is -12.2. The van der Waals surface area contributed by atoms with Gasteiger partial charge in [-0.3, -0.25) is 29.9 Å². The minimum absolute atomic E-state index is 0.842. The third kappa shape index (κ3) is 9.60. The zero-order valence-corrected chi connectivity index (χ0v) is 47.1. The second kappa shape index (κ2) is 22.1. The fourth-order valence-corrected chi connectivity index (χ4v) is 11.8. The molecule has 18 rings (SSSR count). The average Bonchev–Trinajstić information content (AvgIpc) is 1.32. The Morgan fingerprint density at radius 3 is 0.966 bits per heavy atom. The molecule has 0 aliphatic carbocycles. The van der Waals surface area contributed by atoms with Gasteiger partial charge in [0.15, 0.2) is 0 Å². The maximum Gasteiger partial charge on any atom is 0.0894 e. The molecule has 0 saturated carbocycles. The van der Waals surface area contributed by atoms with Crippen LogP contribution in [0.5, 0.6) is 0 Å². The molecule has 88 heavy (non-hydrogen) atoms. The predicted octanol–water partition coefficient (Wildman–Crippen LogP) is 18.3. The summed E-state index contributed by atoms with van der Waals surface area (Å²) in [5.74, 6) is 0. The van der Waals surface area contributed by atoms with Crippen LogP contribution < -0.4 is 0 Å². The topological polar surface area (TPSA) is 142 Å². The molecule has 0 bridgehead atoms. The Kier molecular flexibility index (Phi) is 12.9. The third-order valence-electron chi connectivity index (χ3n) is 16.1. The van der Waals surface area contributed by atoms with Crippen molar-refractivity contribution in [3.63, 3.8) is 0 Å². The standard InChI is InChI=1S/2C26H16N4.C25H15N3/c1-6-22(19-5-2-14-27-16-19)29-23(7-1)24-13-10-18-9-11-20-21(26(18)30-24)12-8-17-4-3-15-28-25(17)20;1-3-19(15-27-13-1)23-11-7-17-5-10-22-21(25(17)29-23)9-6-18-8-12-24(30-26(18)22)20-4-2-14-28-16-20;1-3-16-5-10-21-20(24(16)27-14-1)9-6-17-7-12-23(28-25(17)21)19-8-11-22-18(15-19)4-2-13-26-22/h2*1-16H;1-15H. The molecule has 0 atom stereocenters. The molecule has 0 fully saturated rings. The molecule has 7 aromatic carbocycles. The van der Waals surface area contributed by atoms with Gasteiger partial charge in [0, 0.05) is 148 Å². The number of rotatable bonds is 5. The monoisotopic (exact) mass is 1130 g/mol. The van der Waals surface area contributed by atoms with Crippen LogP contribution in [-0.4, -0.2) is 54.8 Å². The van der Waals surface area contributed by atoms with E-state index in [1.165, 1.54) is 0 Å². The Labute approximate surface area is 503 Å². The van der Waals surface area contributed by atoms with Gasteiger partial charge < -0.3 is 0 Å². The van der Waals surface area contributed by atoms with Crippen molar-refractivity contribution < 1.29 is 0 Å². The highest BCUT2D eigenvalue weighted by atomic mass is 14.8. The molecule has 11 nitrogen and oxygen atoms in total. The summed E-state index contributed by atoms with van der Waals surface area (Å²) < 4.78 is 0. The van der Waals surface area contributed by atoms with Crippen LogP contribution in [0.3, 0.4) is 0 Å². The van der Waals surface area contributed by atoms with Gasteiger partial charge in [-0.1, -0.05) is 127 Å². The lowest BCUT2D eigenvalue weighted by Crippen LogP contribution is -1.92. The summed E-state index contributed by atoms with van der Waals surface area (Å²) >= 11 is 0. The van der Waals surface area contributed by atoms with Crippen molar-refractivity contribution in [3.05, 3.63) is 286 Å². The van der Waals surface area contributed by atoms with Crippen molar-refractivity contribution in [2.45, 2.75) is 0 Å². The van der Waals surface area contributed by atoms with Crippen molar-refractivity contribution in [2.75, 3.05) is 0 Å². The van der Waals surface area contributed by atoms with E-state index in [0.29, 0.717) is 0 Å². The van der Waals surface area contributed by atoms with Gasteiger partial charge >= 0.3 is 0 Å². The molecule has 11 heterocycles. The van der Waals surface area contributed by atoms with Crippen molar-refractivity contribution in [2.24, 2.45) is 0 Å². The molecular formula is C77H47N11. The fraction of sp³-hybridized carbons (Fsp3) is 0. The molecule has 0 saturated heterocycles. The van der Waals surface area contributed by atoms with E-state index in [4.69, 9.17) is 24.9 Å². The third-order valence-corrected chi connectivity index (χ3v) is 16.1. The van der Waals surface area contributed by atoms with Gasteiger partial charge in [0.1, 0.15) is 0 Å². The SMILES string of the molecule is c1cnc2ccc(-c3ccc4ccc5c(ccc6cccnc65)c4n3)cc2c1.c1cncc(-c2ccc3ccc4c(ccc5ccc(-c6cccnc6)nc54)c3n2)c1.c1cncc(-c2cccc(-c3ccc4ccc5c(ccc6cccnc65)c4n3)n2)c1. The molecule has 11 heteroatoms. The number of fused-ring (bicyclic) bond motifs is 16. The van der Waals surface area contributed by atoms with E-state index in [2.05, 4.69) is 169 Å². The van der Waals surface area contributed by atoms with Crippen molar-refractivity contribution >= 4 is 109 Å². The maximum atomic E-state index is 5.04. The van der Waals surface area contributed by atoms with Gasteiger partial charge in [0.2, 0.25) is 0 Å². The molecular weight excluding hydrogens is 1080 g/mol. The van der Waals surface area contributed by atoms with Crippen molar-refractivity contribution in [1.82, 2.24) is 54.8 Å². The maximum absolute atomic E-state index is 5.04. The fourth-order valence-electron chi connectivity index (χ4n) is 11.8. The van der Waals surface area contributed by atoms with Crippen LogP contribution in [0.1, 0.15) is 0 Å². The van der Waals surface area contributed by atoms with Gasteiger partial charge in [-0.25, -0.2) is 24.9 Å². The van der Waals surface area contributed by atoms with E-state index in [-0.39, 0.29) is 0 Å². The number of hydrogen-bond donors (Lipinski definition) is 0. The van der Waals surface area contributed by atoms with Crippen LogP contribution in [0.15, 0.2) is 286 Å². The Morgan fingerprint density at radius 1 is 0.193 bits per heavy atom. The normalized spacial score (nSPS) is 11.4. The largest absolute Gasteiger partial charge is 0.264 e. The van der Waals surface area contributed by atoms with Crippen LogP contribution in [0.2, 0.25) is 0 Å². The Balaban J connectivity index is 0.000000106. The Morgan fingerprint density at radius 2 is 0.523 bits per heavy atom. The average molecular weight is 1130 g/mol. The minimum atomic E-state index is 0.842. The first-order valence-corrected chi connectivity index (χ1v) is 28.9. The molecule has 18 aromatic rings. The minimum Gasteiger partial charge on any atom is -0.264 e. The van der Waals surface area contributed by atoms with Crippen molar-refractivity contribution in [1.29, 1.82) is 0 Å². The highest BCUT2D eigenvalue weighted by Gasteiger charge is 2.14. The van der Waals surface area contributed by atoms with Crippen LogP contribution in [0.25, 0.3) is 165 Å². The highest BCUT2D eigenvalue weighted by Crippen LogP contribution is 2.36. The van der Waals surface area contributed by atoms with Crippen LogP contribution in [0.4, 0.5) is 0 Å². The first-order valence-electron chi connectivity index (χ1n) is 28.9. The quantitative estimate of drug-likeness (QED) is 0.152. The number of aromatic nitrogens is 11. The summed E-state index contributed by atoms with van der Waals surface area (Å²) in [6, 6.07) is 78.6. The number of pyridine rings is 11. The van der Waals surface area contributed by atoms with E-state index in [0.717, 1.165) is 165 Å². The first-order chi connectivity index (χ1) is 43.6. The van der Waals surface area contributed by atoms with Crippen LogP contribution in [0, 0.1) is 0 Å². The number of nitrogens with zero attached hydrogens (tertiary/aromatic N) is 11. The molecule has 0 spiro atoms. The summed E-state index contributed by atoms with van der Waals surface area (Å²) in [5.41, 5.74) is 16.4. The van der Waals surface area contributed by atoms with E-state index in [1.807, 2.05) is 128 Å². The smallest absolute Gasteiger partial charge is 0.0894 e. The lowest BCUT2D eigenvalue weighted by molar-refractivity contribution is 1.26. The molecule has 0 unspecified atom stereocenters. The van der Waals surface area contributed by atoms with E-state index >= 15 is 0 Å². The number of hydrogen-bond acceptors (Lipinski definition) is 11. The van der Waals surface area contributed by atoms with Crippen LogP contribution in [-0.2, 0) is 0 Å². The summed E-state index contributed by atoms with van der Waals surface area (Å²) in [4.78, 5) is 51.1. The molecule has 0 amide bonds. The summed E-state index contributed by atoms with van der Waals surface area (Å²) in [6.45, 7) is 0. The zero-order valence-electron chi connectivity index (χ0n) is 47.1. The van der Waals surface area contributed by atoms with Gasteiger partial charge in [-0.2, -0.15) is 0 Å². The van der Waals surface area contributed by atoms with Gasteiger partial charge in [0.05, 0.1) is 72.8 Å². The van der Waals surface area contributed by atoms with Gasteiger partial charge in [-0.05, 0) is 103 Å². The van der Waals surface area contributed by atoms with Crippen molar-refractivity contribution in [3.8, 4) is 56.4 Å². The lowest BCUT2D eigenvalue weighted by atomic mass is 10.0. The highest BCUT2D eigenvalue weighted by molar-refractivity contribution is 6.17. The number of benzene rings is 7. The molecule has 410 valence electrons. The molecule has 11 aromatic heterocycles. The van der Waals surface area contributed by atoms with E-state index in [1.54, 1.807) is 18.6 Å². The Bertz CT molecular complexity index is 5590.